The second kappa shape index (κ2) is 3.71. The van der Waals surface area contributed by atoms with E-state index in [2.05, 4.69) is 5.32 Å². The van der Waals surface area contributed by atoms with E-state index < -0.39 is 18.3 Å². The van der Waals surface area contributed by atoms with Crippen molar-refractivity contribution in [3.63, 3.8) is 0 Å². The van der Waals surface area contributed by atoms with Crippen molar-refractivity contribution in [1.82, 2.24) is 10.2 Å². The molecule has 1 fully saturated rings. The molecule has 0 radical (unpaired) electrons. The number of piperidine rings is 1. The van der Waals surface area contributed by atoms with Crippen LogP contribution < -0.4 is 5.32 Å². The highest BCUT2D eigenvalue weighted by Gasteiger charge is 2.30. The van der Waals surface area contributed by atoms with Gasteiger partial charge in [-0.2, -0.15) is 0 Å². The molecule has 1 heterocycles. The predicted octanol–water partition coefficient (Wildman–Crippen LogP) is 0.296. The van der Waals surface area contributed by atoms with Gasteiger partial charge in [0, 0.05) is 13.6 Å². The van der Waals surface area contributed by atoms with Gasteiger partial charge in [-0.3, -0.25) is 0 Å². The molecular weight excluding hydrogens is 163 g/mol. The van der Waals surface area contributed by atoms with Crippen molar-refractivity contribution in [3.05, 3.63) is 0 Å². The largest absolute Gasteiger partial charge is 0.465 e. The Balaban J connectivity index is 2.53. The Morgan fingerprint density at radius 1 is 1.75 bits per heavy atom. The maximum Gasteiger partial charge on any atom is 0.407 e. The molecule has 2 atom stereocenters. The summed E-state index contributed by atoms with van der Waals surface area (Å²) in [6.45, 7) is 0.936. The van der Waals surface area contributed by atoms with Crippen LogP contribution in [0.15, 0.2) is 0 Å². The van der Waals surface area contributed by atoms with Gasteiger partial charge in [-0.1, -0.05) is 0 Å². The third-order valence-electron chi connectivity index (χ3n) is 2.17. The lowest BCUT2D eigenvalue weighted by Crippen LogP contribution is -2.51. The third kappa shape index (κ3) is 1.85. The molecule has 4 nitrogen and oxygen atoms in total. The fourth-order valence-corrected chi connectivity index (χ4v) is 1.38. The smallest absolute Gasteiger partial charge is 0.407 e. The molecule has 0 saturated carbocycles. The van der Waals surface area contributed by atoms with Crippen molar-refractivity contribution in [2.45, 2.75) is 18.6 Å². The van der Waals surface area contributed by atoms with Gasteiger partial charge in [0.05, 0.1) is 6.04 Å². The van der Waals surface area contributed by atoms with Crippen molar-refractivity contribution in [2.24, 2.45) is 0 Å². The molecule has 0 aliphatic carbocycles. The van der Waals surface area contributed by atoms with Gasteiger partial charge in [0.2, 0.25) is 0 Å². The number of nitrogens with one attached hydrogen (secondary N) is 1. The molecular formula is C7H13FN2O2. The number of carboxylic acid groups (broad SMARTS) is 1. The molecule has 1 aliphatic rings. The minimum absolute atomic E-state index is 0.252. The fourth-order valence-electron chi connectivity index (χ4n) is 1.38. The molecule has 1 amide bonds. The molecule has 0 aromatic rings. The lowest BCUT2D eigenvalue weighted by molar-refractivity contribution is 0.0894. The summed E-state index contributed by atoms with van der Waals surface area (Å²) >= 11 is 0. The number of alkyl halides is 1. The number of halogens is 1. The fraction of sp³-hybridized carbons (Fsp3) is 0.857. The molecule has 0 unspecified atom stereocenters. The van der Waals surface area contributed by atoms with Gasteiger partial charge in [0.1, 0.15) is 6.17 Å². The Bertz CT molecular complexity index is 177. The third-order valence-corrected chi connectivity index (χ3v) is 2.17. The highest BCUT2D eigenvalue weighted by molar-refractivity contribution is 5.65. The van der Waals surface area contributed by atoms with Gasteiger partial charge < -0.3 is 15.3 Å². The van der Waals surface area contributed by atoms with E-state index in [4.69, 9.17) is 5.11 Å². The van der Waals surface area contributed by atoms with E-state index in [1.165, 1.54) is 7.05 Å². The van der Waals surface area contributed by atoms with Crippen LogP contribution in [0, 0.1) is 0 Å². The zero-order valence-corrected chi connectivity index (χ0v) is 6.96. The van der Waals surface area contributed by atoms with Crippen LogP contribution in [0.4, 0.5) is 9.18 Å². The van der Waals surface area contributed by atoms with Crippen molar-refractivity contribution < 1.29 is 14.3 Å². The minimum atomic E-state index is -1.08. The van der Waals surface area contributed by atoms with E-state index in [1.807, 2.05) is 0 Å². The molecule has 0 bridgehead atoms. The van der Waals surface area contributed by atoms with Crippen LogP contribution in [-0.4, -0.2) is 48.5 Å². The van der Waals surface area contributed by atoms with Crippen molar-refractivity contribution >= 4 is 6.09 Å². The molecule has 1 saturated heterocycles. The second-order valence-electron chi connectivity index (χ2n) is 2.97. The average Bonchev–Trinajstić information content (AvgIpc) is 2.04. The first kappa shape index (κ1) is 9.25. The molecule has 2 N–H and O–H groups in total. The normalized spacial score (nSPS) is 29.8. The zero-order valence-electron chi connectivity index (χ0n) is 6.96. The van der Waals surface area contributed by atoms with E-state index in [9.17, 15) is 9.18 Å². The van der Waals surface area contributed by atoms with Crippen molar-refractivity contribution in [1.29, 1.82) is 0 Å². The van der Waals surface area contributed by atoms with E-state index in [1.54, 1.807) is 0 Å². The van der Waals surface area contributed by atoms with Crippen LogP contribution in [0.2, 0.25) is 0 Å². The van der Waals surface area contributed by atoms with Crippen molar-refractivity contribution in [2.75, 3.05) is 20.1 Å². The van der Waals surface area contributed by atoms with Gasteiger partial charge in [0.25, 0.3) is 0 Å². The van der Waals surface area contributed by atoms with E-state index in [0.717, 1.165) is 4.90 Å². The summed E-state index contributed by atoms with van der Waals surface area (Å²) in [5, 5.41) is 11.5. The standard InChI is InChI=1S/C7H13FN2O2/c1-10(7(11)12)6-2-3-9-4-5(6)8/h5-6,9H,2-4H2,1H3,(H,11,12)/t5-,6-/m0/s1. The molecule has 0 aromatic carbocycles. The molecule has 1 aliphatic heterocycles. The highest BCUT2D eigenvalue weighted by Crippen LogP contribution is 2.13. The summed E-state index contributed by atoms with van der Waals surface area (Å²) in [5.74, 6) is 0. The number of hydrogen-bond donors (Lipinski definition) is 2. The Hall–Kier alpha value is -0.840. The van der Waals surface area contributed by atoms with Crippen LogP contribution in [-0.2, 0) is 0 Å². The monoisotopic (exact) mass is 176 g/mol. The Labute approximate surface area is 70.4 Å². The SMILES string of the molecule is CN(C(=O)O)[C@H]1CCNC[C@@H]1F. The first-order valence-corrected chi connectivity index (χ1v) is 3.93. The number of amides is 1. The molecule has 0 spiro atoms. The van der Waals surface area contributed by atoms with E-state index in [0.29, 0.717) is 13.0 Å². The van der Waals surface area contributed by atoms with E-state index >= 15 is 0 Å². The second-order valence-corrected chi connectivity index (χ2v) is 2.97. The number of nitrogens with zero attached hydrogens (tertiary/aromatic N) is 1. The highest BCUT2D eigenvalue weighted by atomic mass is 19.1. The Morgan fingerprint density at radius 2 is 2.42 bits per heavy atom. The van der Waals surface area contributed by atoms with Gasteiger partial charge >= 0.3 is 6.09 Å². The summed E-state index contributed by atoms with van der Waals surface area (Å²) in [5.41, 5.74) is 0. The minimum Gasteiger partial charge on any atom is -0.465 e. The molecule has 70 valence electrons. The Morgan fingerprint density at radius 3 is 2.92 bits per heavy atom. The van der Waals surface area contributed by atoms with Gasteiger partial charge in [-0.25, -0.2) is 9.18 Å². The van der Waals surface area contributed by atoms with Crippen LogP contribution in [0.3, 0.4) is 0 Å². The lowest BCUT2D eigenvalue weighted by atomic mass is 10.0. The zero-order chi connectivity index (χ0) is 9.14. The summed E-state index contributed by atoms with van der Waals surface area (Å²) in [4.78, 5) is 11.5. The number of carbonyl (C=O) groups is 1. The van der Waals surface area contributed by atoms with E-state index in [-0.39, 0.29) is 6.54 Å². The topological polar surface area (TPSA) is 52.6 Å². The first-order valence-electron chi connectivity index (χ1n) is 3.93. The molecule has 1 rings (SSSR count). The maximum atomic E-state index is 13.1. The first-order chi connectivity index (χ1) is 5.63. The lowest BCUT2D eigenvalue weighted by Gasteiger charge is -2.32. The molecule has 5 heteroatoms. The van der Waals surface area contributed by atoms with Gasteiger partial charge in [-0.15, -0.1) is 0 Å². The van der Waals surface area contributed by atoms with Crippen LogP contribution >= 0.6 is 0 Å². The number of rotatable bonds is 1. The summed E-state index contributed by atoms with van der Waals surface area (Å²) in [6.07, 6.45) is -1.60. The number of hydrogen-bond acceptors (Lipinski definition) is 2. The summed E-state index contributed by atoms with van der Waals surface area (Å²) in [7, 11) is 1.41. The van der Waals surface area contributed by atoms with Crippen LogP contribution in [0.5, 0.6) is 0 Å². The van der Waals surface area contributed by atoms with Gasteiger partial charge in [0.15, 0.2) is 0 Å². The molecule has 12 heavy (non-hydrogen) atoms. The van der Waals surface area contributed by atoms with Crippen molar-refractivity contribution in [3.8, 4) is 0 Å². The average molecular weight is 176 g/mol. The van der Waals surface area contributed by atoms with Crippen LogP contribution in [0.1, 0.15) is 6.42 Å². The predicted molar refractivity (Wildman–Crippen MR) is 42.0 cm³/mol. The molecule has 0 aromatic heterocycles. The van der Waals surface area contributed by atoms with Crippen LogP contribution in [0.25, 0.3) is 0 Å². The summed E-state index contributed by atoms with van der Waals surface area (Å²) < 4.78 is 13.1. The van der Waals surface area contributed by atoms with Gasteiger partial charge in [-0.05, 0) is 13.0 Å². The quantitative estimate of drug-likeness (QED) is 0.604. The Kier molecular flexibility index (Phi) is 2.86. The summed E-state index contributed by atoms with van der Waals surface area (Å²) in [6, 6.07) is -0.483. The maximum absolute atomic E-state index is 13.1.